The van der Waals surface area contributed by atoms with Gasteiger partial charge >= 0.3 is 5.97 Å². The van der Waals surface area contributed by atoms with E-state index >= 15 is 0 Å². The van der Waals surface area contributed by atoms with E-state index < -0.39 is 17.6 Å². The summed E-state index contributed by atoms with van der Waals surface area (Å²) in [5, 5.41) is 12.8. The molecule has 1 aromatic heterocycles. The van der Waals surface area contributed by atoms with Crippen molar-refractivity contribution in [3.05, 3.63) is 53.4 Å². The van der Waals surface area contributed by atoms with Crippen molar-refractivity contribution in [1.82, 2.24) is 19.6 Å². The molecule has 144 valence electrons. The molecule has 1 fully saturated rings. The van der Waals surface area contributed by atoms with Crippen LogP contribution in [0.5, 0.6) is 0 Å². The molecule has 2 aromatic rings. The van der Waals surface area contributed by atoms with E-state index in [2.05, 4.69) is 5.10 Å². The zero-order chi connectivity index (χ0) is 19.4. The molecule has 1 saturated heterocycles. The van der Waals surface area contributed by atoms with Gasteiger partial charge in [-0.1, -0.05) is 12.1 Å². The Morgan fingerprint density at radius 3 is 2.56 bits per heavy atom. The fourth-order valence-corrected chi connectivity index (χ4v) is 2.99. The molecule has 1 aromatic carbocycles. The molecule has 1 aliphatic rings. The molecule has 1 amide bonds. The number of carboxylic acid groups (broad SMARTS) is 1. The summed E-state index contributed by atoms with van der Waals surface area (Å²) in [5.41, 5.74) is 0.567. The zero-order valence-corrected chi connectivity index (χ0v) is 14.6. The van der Waals surface area contributed by atoms with Crippen molar-refractivity contribution in [2.75, 3.05) is 26.2 Å². The Bertz CT molecular complexity index is 832. The number of hydrogen-bond acceptors (Lipinski definition) is 4. The van der Waals surface area contributed by atoms with Gasteiger partial charge in [0.05, 0.1) is 13.0 Å². The average Bonchev–Trinajstić information content (AvgIpc) is 3.13. The Morgan fingerprint density at radius 1 is 1.11 bits per heavy atom. The van der Waals surface area contributed by atoms with Gasteiger partial charge in [0.25, 0.3) is 5.91 Å². The minimum Gasteiger partial charge on any atom is -0.481 e. The molecule has 0 atom stereocenters. The number of carbonyl (C=O) groups excluding carboxylic acids is 1. The van der Waals surface area contributed by atoms with Gasteiger partial charge in [-0.3, -0.25) is 19.2 Å². The van der Waals surface area contributed by atoms with E-state index in [1.807, 2.05) is 4.90 Å². The summed E-state index contributed by atoms with van der Waals surface area (Å²) >= 11 is 0. The van der Waals surface area contributed by atoms with Crippen molar-refractivity contribution < 1.29 is 23.5 Å². The van der Waals surface area contributed by atoms with Gasteiger partial charge in [0.15, 0.2) is 11.6 Å². The number of piperazine rings is 1. The molecular weight excluding hydrogens is 358 g/mol. The Hall–Kier alpha value is -2.81. The number of aliphatic carboxylic acids is 1. The first-order valence-electron chi connectivity index (χ1n) is 8.64. The average molecular weight is 378 g/mol. The minimum absolute atomic E-state index is 0.0649. The van der Waals surface area contributed by atoms with Crippen LogP contribution in [0.1, 0.15) is 22.5 Å². The van der Waals surface area contributed by atoms with Gasteiger partial charge in [-0.2, -0.15) is 5.10 Å². The Morgan fingerprint density at radius 2 is 1.85 bits per heavy atom. The molecule has 0 saturated carbocycles. The smallest absolute Gasteiger partial charge is 0.305 e. The second-order valence-electron chi connectivity index (χ2n) is 6.39. The van der Waals surface area contributed by atoms with Crippen LogP contribution in [0, 0.1) is 11.6 Å². The number of nitrogens with zero attached hydrogens (tertiary/aromatic N) is 4. The third-order valence-corrected chi connectivity index (χ3v) is 4.50. The number of halogens is 2. The predicted octanol–water partition coefficient (Wildman–Crippen LogP) is 1.59. The lowest BCUT2D eigenvalue weighted by molar-refractivity contribution is -0.137. The summed E-state index contributed by atoms with van der Waals surface area (Å²) in [7, 11) is 0. The lowest BCUT2D eigenvalue weighted by Crippen LogP contribution is -2.48. The summed E-state index contributed by atoms with van der Waals surface area (Å²) in [5.74, 6) is -2.84. The molecule has 0 radical (unpaired) electrons. The van der Waals surface area contributed by atoms with Crippen LogP contribution in [0.15, 0.2) is 30.5 Å². The normalized spacial score (nSPS) is 15.1. The maximum absolute atomic E-state index is 13.8. The maximum Gasteiger partial charge on any atom is 0.305 e. The molecule has 1 aliphatic heterocycles. The highest BCUT2D eigenvalue weighted by Gasteiger charge is 2.24. The molecule has 7 nitrogen and oxygen atoms in total. The molecule has 27 heavy (non-hydrogen) atoms. The summed E-state index contributed by atoms with van der Waals surface area (Å²) in [4.78, 5) is 26.7. The first-order chi connectivity index (χ1) is 12.9. The van der Waals surface area contributed by atoms with Crippen LogP contribution in [-0.2, 0) is 17.9 Å². The summed E-state index contributed by atoms with van der Waals surface area (Å²) in [6, 6.07) is 5.69. The van der Waals surface area contributed by atoms with Gasteiger partial charge in [0.1, 0.15) is 5.69 Å². The molecule has 1 N–H and O–H groups in total. The molecule has 9 heteroatoms. The fourth-order valence-electron chi connectivity index (χ4n) is 2.99. The molecule has 2 heterocycles. The van der Waals surface area contributed by atoms with Crippen LogP contribution < -0.4 is 0 Å². The van der Waals surface area contributed by atoms with Crippen LogP contribution >= 0.6 is 0 Å². The van der Waals surface area contributed by atoms with Crippen molar-refractivity contribution in [3.8, 4) is 0 Å². The highest BCUT2D eigenvalue weighted by atomic mass is 19.2. The van der Waals surface area contributed by atoms with Crippen LogP contribution in [0.4, 0.5) is 8.78 Å². The standard InChI is InChI=1S/C18H20F2N4O3/c19-14-3-1-2-13(17(14)20)12-22-8-10-23(11-9-22)18(27)15-4-6-24(21-15)7-5-16(25)26/h1-4,6H,5,7-12H2,(H,25,26). The monoisotopic (exact) mass is 378 g/mol. The zero-order valence-electron chi connectivity index (χ0n) is 14.6. The van der Waals surface area contributed by atoms with Crippen molar-refractivity contribution >= 4 is 11.9 Å². The molecule has 0 unspecified atom stereocenters. The third-order valence-electron chi connectivity index (χ3n) is 4.50. The van der Waals surface area contributed by atoms with Crippen molar-refractivity contribution in [2.24, 2.45) is 0 Å². The minimum atomic E-state index is -0.927. The maximum atomic E-state index is 13.8. The molecular formula is C18H20F2N4O3. The van der Waals surface area contributed by atoms with E-state index in [1.54, 1.807) is 23.2 Å². The van der Waals surface area contributed by atoms with E-state index in [9.17, 15) is 18.4 Å². The second kappa shape index (κ2) is 8.26. The molecule has 0 bridgehead atoms. The Labute approximate surface area is 154 Å². The number of rotatable bonds is 6. The number of hydrogen-bond donors (Lipinski definition) is 1. The summed E-state index contributed by atoms with van der Waals surface area (Å²) in [6.07, 6.45) is 1.52. The van der Waals surface area contributed by atoms with Crippen molar-refractivity contribution in [2.45, 2.75) is 19.5 Å². The first kappa shape index (κ1) is 19.0. The number of benzene rings is 1. The first-order valence-corrected chi connectivity index (χ1v) is 8.64. The quantitative estimate of drug-likeness (QED) is 0.826. The third kappa shape index (κ3) is 4.68. The Kier molecular flexibility index (Phi) is 5.80. The second-order valence-corrected chi connectivity index (χ2v) is 6.39. The molecule has 0 spiro atoms. The highest BCUT2D eigenvalue weighted by Crippen LogP contribution is 2.15. The number of carboxylic acids is 1. The van der Waals surface area contributed by atoms with Crippen molar-refractivity contribution in [1.29, 1.82) is 0 Å². The van der Waals surface area contributed by atoms with Crippen LogP contribution in [0.3, 0.4) is 0 Å². The van der Waals surface area contributed by atoms with E-state index in [1.165, 1.54) is 10.7 Å². The van der Waals surface area contributed by atoms with Gasteiger partial charge in [0, 0.05) is 44.5 Å². The van der Waals surface area contributed by atoms with Crippen molar-refractivity contribution in [3.63, 3.8) is 0 Å². The molecule has 3 rings (SSSR count). The topological polar surface area (TPSA) is 78.7 Å². The van der Waals surface area contributed by atoms with E-state index in [4.69, 9.17) is 5.11 Å². The lowest BCUT2D eigenvalue weighted by atomic mass is 10.1. The van der Waals surface area contributed by atoms with E-state index in [0.29, 0.717) is 31.7 Å². The van der Waals surface area contributed by atoms with Crippen LogP contribution in [0.25, 0.3) is 0 Å². The van der Waals surface area contributed by atoms with E-state index in [0.717, 1.165) is 6.07 Å². The number of carbonyl (C=O) groups is 2. The molecule has 0 aliphatic carbocycles. The SMILES string of the molecule is O=C(O)CCn1ccc(C(=O)N2CCN(Cc3cccc(F)c3F)CC2)n1. The van der Waals surface area contributed by atoms with Gasteiger partial charge in [-0.15, -0.1) is 0 Å². The van der Waals surface area contributed by atoms with Crippen LogP contribution in [-0.4, -0.2) is 62.7 Å². The predicted molar refractivity (Wildman–Crippen MR) is 92.0 cm³/mol. The van der Waals surface area contributed by atoms with Gasteiger partial charge < -0.3 is 10.0 Å². The van der Waals surface area contributed by atoms with Gasteiger partial charge in [0.2, 0.25) is 0 Å². The number of amides is 1. The fraction of sp³-hybridized carbons (Fsp3) is 0.389. The lowest BCUT2D eigenvalue weighted by Gasteiger charge is -2.34. The van der Waals surface area contributed by atoms with Gasteiger partial charge in [-0.25, -0.2) is 8.78 Å². The largest absolute Gasteiger partial charge is 0.481 e. The van der Waals surface area contributed by atoms with Crippen LogP contribution in [0.2, 0.25) is 0 Å². The number of aryl methyl sites for hydroxylation is 1. The highest BCUT2D eigenvalue weighted by molar-refractivity contribution is 5.92. The summed E-state index contributed by atoms with van der Waals surface area (Å²) < 4.78 is 28.5. The van der Waals surface area contributed by atoms with Gasteiger partial charge in [-0.05, 0) is 12.1 Å². The summed E-state index contributed by atoms with van der Waals surface area (Å²) in [6.45, 7) is 2.49. The Balaban J connectivity index is 1.53. The van der Waals surface area contributed by atoms with E-state index in [-0.39, 0.29) is 31.1 Å². The number of aromatic nitrogens is 2.